The summed E-state index contributed by atoms with van der Waals surface area (Å²) >= 11 is 0. The lowest BCUT2D eigenvalue weighted by atomic mass is 9.83. The van der Waals surface area contributed by atoms with Crippen LogP contribution in [0.2, 0.25) is 0 Å². The van der Waals surface area contributed by atoms with Gasteiger partial charge >= 0.3 is 6.01 Å². The van der Waals surface area contributed by atoms with Crippen LogP contribution in [0.25, 0.3) is 0 Å². The molecule has 0 radical (unpaired) electrons. The first-order valence-electron chi connectivity index (χ1n) is 13.0. The van der Waals surface area contributed by atoms with Crippen molar-refractivity contribution in [2.45, 2.75) is 69.6 Å². The number of guanidine groups is 1. The molecular formula is C26H39N7O3. The molecule has 1 saturated heterocycles. The zero-order valence-electron chi connectivity index (χ0n) is 21.7. The predicted molar refractivity (Wildman–Crippen MR) is 136 cm³/mol. The number of nitrogens with zero attached hydrogens (tertiary/aromatic N) is 5. The van der Waals surface area contributed by atoms with Crippen LogP contribution < -0.4 is 15.4 Å². The van der Waals surface area contributed by atoms with Gasteiger partial charge < -0.3 is 29.7 Å². The van der Waals surface area contributed by atoms with Gasteiger partial charge in [0.05, 0.1) is 35.9 Å². The second-order valence-corrected chi connectivity index (χ2v) is 10.1. The Bertz CT molecular complexity index is 949. The minimum atomic E-state index is -0.542. The summed E-state index contributed by atoms with van der Waals surface area (Å²) in [6.07, 6.45) is 11.4. The molecule has 2 fully saturated rings. The molecule has 36 heavy (non-hydrogen) atoms. The molecule has 196 valence electrons. The molecule has 1 unspecified atom stereocenters. The van der Waals surface area contributed by atoms with Gasteiger partial charge in [-0.1, -0.05) is 0 Å². The molecule has 3 aliphatic rings. The highest BCUT2D eigenvalue weighted by atomic mass is 16.5. The van der Waals surface area contributed by atoms with E-state index in [1.54, 1.807) is 13.3 Å². The molecule has 2 aliphatic heterocycles. The number of hydrogen-bond acceptors (Lipinski definition) is 8. The van der Waals surface area contributed by atoms with Gasteiger partial charge in [0.25, 0.3) is 0 Å². The Morgan fingerprint density at radius 1 is 1.33 bits per heavy atom. The zero-order valence-corrected chi connectivity index (χ0v) is 21.7. The zero-order chi connectivity index (χ0) is 25.4. The second kappa shape index (κ2) is 12.5. The summed E-state index contributed by atoms with van der Waals surface area (Å²) in [7, 11) is 3.77. The van der Waals surface area contributed by atoms with Crippen LogP contribution >= 0.6 is 0 Å². The van der Waals surface area contributed by atoms with Crippen LogP contribution in [0.3, 0.4) is 0 Å². The van der Waals surface area contributed by atoms with Gasteiger partial charge in [0, 0.05) is 51.9 Å². The van der Waals surface area contributed by atoms with Crippen molar-refractivity contribution in [1.29, 1.82) is 5.26 Å². The molecule has 1 saturated carbocycles. The van der Waals surface area contributed by atoms with E-state index in [9.17, 15) is 5.26 Å². The van der Waals surface area contributed by atoms with E-state index in [2.05, 4.69) is 44.6 Å². The van der Waals surface area contributed by atoms with Gasteiger partial charge in [0.1, 0.15) is 6.61 Å². The topological polar surface area (TPSA) is 117 Å². The van der Waals surface area contributed by atoms with Gasteiger partial charge in [-0.25, -0.2) is 9.98 Å². The first-order valence-corrected chi connectivity index (χ1v) is 13.0. The molecule has 0 spiro atoms. The Labute approximate surface area is 214 Å². The SMILES string of the molecule is COC[C@@H](C)NC1CCC(N=C2NC=CC(c3ccnc(OCC4(C#N)CCOCC4)n3)N2C)CC1. The molecule has 1 aliphatic carbocycles. The van der Waals surface area contributed by atoms with E-state index in [4.69, 9.17) is 19.2 Å². The van der Waals surface area contributed by atoms with Crippen molar-refractivity contribution in [2.24, 2.45) is 10.4 Å². The van der Waals surface area contributed by atoms with E-state index in [1.165, 1.54) is 0 Å². The van der Waals surface area contributed by atoms with Crippen LogP contribution in [-0.2, 0) is 9.47 Å². The lowest BCUT2D eigenvalue weighted by Gasteiger charge is -2.34. The Balaban J connectivity index is 1.35. The fraction of sp³-hybridized carbons (Fsp3) is 0.692. The normalized spacial score (nSPS) is 27.8. The van der Waals surface area contributed by atoms with Crippen molar-refractivity contribution in [3.63, 3.8) is 0 Å². The largest absolute Gasteiger partial charge is 0.462 e. The van der Waals surface area contributed by atoms with Crippen LogP contribution in [0.1, 0.15) is 57.2 Å². The molecule has 3 heterocycles. The Hall–Kier alpha value is -2.74. The second-order valence-electron chi connectivity index (χ2n) is 10.1. The summed E-state index contributed by atoms with van der Waals surface area (Å²) in [5.74, 6) is 0.846. The molecule has 10 nitrogen and oxygen atoms in total. The maximum Gasteiger partial charge on any atom is 0.316 e. The number of nitriles is 1. The highest BCUT2D eigenvalue weighted by molar-refractivity contribution is 5.82. The van der Waals surface area contributed by atoms with Crippen molar-refractivity contribution in [3.8, 4) is 12.1 Å². The average molecular weight is 498 g/mol. The minimum Gasteiger partial charge on any atom is -0.462 e. The molecule has 0 aromatic carbocycles. The third-order valence-electron chi connectivity index (χ3n) is 7.30. The van der Waals surface area contributed by atoms with Crippen LogP contribution in [0.5, 0.6) is 6.01 Å². The fourth-order valence-corrected chi connectivity index (χ4v) is 5.09. The first-order chi connectivity index (χ1) is 17.5. The Morgan fingerprint density at radius 2 is 2.11 bits per heavy atom. The minimum absolute atomic E-state index is 0.0868. The lowest BCUT2D eigenvalue weighted by Crippen LogP contribution is -2.44. The number of aliphatic imine (C=N–C) groups is 1. The van der Waals surface area contributed by atoms with Gasteiger partial charge in [-0.2, -0.15) is 10.2 Å². The molecule has 0 bridgehead atoms. The van der Waals surface area contributed by atoms with Crippen molar-refractivity contribution in [3.05, 3.63) is 30.2 Å². The standard InChI is InChI=1S/C26H39N7O3/c1-19(16-34-3)30-20-4-6-21(7-5-20)31-24-28-13-9-23(33(24)2)22-8-12-29-25(32-22)36-18-26(17-27)10-14-35-15-11-26/h8-9,12-13,19-21,23,30H,4-7,10-11,14-16,18H2,1-3H3,(H,28,31)/t19-,20?,21?,23?/m1/s1. The monoisotopic (exact) mass is 497 g/mol. The van der Waals surface area contributed by atoms with E-state index < -0.39 is 5.41 Å². The number of rotatable bonds is 9. The van der Waals surface area contributed by atoms with Gasteiger partial charge in [0.15, 0.2) is 5.96 Å². The number of aromatic nitrogens is 2. The van der Waals surface area contributed by atoms with Crippen LogP contribution in [0.15, 0.2) is 29.5 Å². The van der Waals surface area contributed by atoms with E-state index in [0.29, 0.717) is 50.2 Å². The molecular weight excluding hydrogens is 458 g/mol. The number of nitrogens with one attached hydrogen (secondary N) is 2. The molecule has 4 rings (SSSR count). The smallest absolute Gasteiger partial charge is 0.316 e. The summed E-state index contributed by atoms with van der Waals surface area (Å²) in [6.45, 7) is 4.32. The fourth-order valence-electron chi connectivity index (χ4n) is 5.09. The highest BCUT2D eigenvalue weighted by Gasteiger charge is 2.34. The Morgan fingerprint density at radius 3 is 2.83 bits per heavy atom. The molecule has 2 atom stereocenters. The van der Waals surface area contributed by atoms with Crippen molar-refractivity contribution < 1.29 is 14.2 Å². The van der Waals surface area contributed by atoms with Gasteiger partial charge in [-0.3, -0.25) is 0 Å². The predicted octanol–water partition coefficient (Wildman–Crippen LogP) is 2.56. The molecule has 0 amide bonds. The molecule has 2 N–H and O–H groups in total. The molecule has 1 aromatic rings. The van der Waals surface area contributed by atoms with Crippen LogP contribution in [0, 0.1) is 16.7 Å². The summed E-state index contributed by atoms with van der Waals surface area (Å²) in [6, 6.07) is 5.71. The maximum absolute atomic E-state index is 9.68. The van der Waals surface area contributed by atoms with Gasteiger partial charge in [-0.05, 0) is 57.6 Å². The third-order valence-corrected chi connectivity index (χ3v) is 7.30. The summed E-state index contributed by atoms with van der Waals surface area (Å²) < 4.78 is 16.6. The quantitative estimate of drug-likeness (QED) is 0.531. The Kier molecular flexibility index (Phi) is 9.13. The van der Waals surface area contributed by atoms with Gasteiger partial charge in [0.2, 0.25) is 0 Å². The molecule has 1 aromatic heterocycles. The van der Waals surface area contributed by atoms with Gasteiger partial charge in [-0.15, -0.1) is 0 Å². The maximum atomic E-state index is 9.68. The van der Waals surface area contributed by atoms with E-state index in [0.717, 1.165) is 43.9 Å². The van der Waals surface area contributed by atoms with E-state index >= 15 is 0 Å². The third kappa shape index (κ3) is 6.72. The first kappa shape index (κ1) is 26.3. The highest BCUT2D eigenvalue weighted by Crippen LogP contribution is 2.31. The lowest BCUT2D eigenvalue weighted by molar-refractivity contribution is 0.0173. The average Bonchev–Trinajstić information content (AvgIpc) is 2.91. The summed E-state index contributed by atoms with van der Waals surface area (Å²) in [5.41, 5.74) is 0.283. The van der Waals surface area contributed by atoms with Crippen molar-refractivity contribution >= 4 is 5.96 Å². The van der Waals surface area contributed by atoms with Crippen molar-refractivity contribution in [2.75, 3.05) is 40.6 Å². The van der Waals surface area contributed by atoms with E-state index in [-0.39, 0.29) is 12.6 Å². The van der Waals surface area contributed by atoms with Crippen molar-refractivity contribution in [1.82, 2.24) is 25.5 Å². The number of hydrogen-bond donors (Lipinski definition) is 2. The van der Waals surface area contributed by atoms with E-state index in [1.807, 2.05) is 19.3 Å². The van der Waals surface area contributed by atoms with Crippen LogP contribution in [-0.4, -0.2) is 79.5 Å². The molecule has 10 heteroatoms. The number of likely N-dealkylation sites (N-methyl/N-ethyl adjacent to an activating group) is 1. The van der Waals surface area contributed by atoms with Crippen LogP contribution in [0.4, 0.5) is 0 Å². The number of ether oxygens (including phenoxy) is 3. The summed E-state index contributed by atoms with van der Waals surface area (Å²) in [4.78, 5) is 16.1. The number of methoxy groups -OCH3 is 1. The summed E-state index contributed by atoms with van der Waals surface area (Å²) in [5, 5.41) is 16.7.